The van der Waals surface area contributed by atoms with Crippen molar-refractivity contribution < 1.29 is 4.74 Å². The molecule has 5 nitrogen and oxygen atoms in total. The first-order chi connectivity index (χ1) is 8.63. The normalized spacial score (nSPS) is 10.9. The van der Waals surface area contributed by atoms with Crippen molar-refractivity contribution in [1.29, 1.82) is 0 Å². The van der Waals surface area contributed by atoms with Crippen LogP contribution in [0.4, 0.5) is 0 Å². The zero-order chi connectivity index (χ0) is 13.1. The summed E-state index contributed by atoms with van der Waals surface area (Å²) in [5.74, 6) is 1.83. The van der Waals surface area contributed by atoms with Crippen molar-refractivity contribution in [3.05, 3.63) is 35.8 Å². The second-order valence-corrected chi connectivity index (χ2v) is 4.44. The Labute approximate surface area is 107 Å². The minimum atomic E-state index is 0.354. The molecule has 0 fully saturated rings. The van der Waals surface area contributed by atoms with E-state index in [4.69, 9.17) is 10.5 Å². The first-order valence-corrected chi connectivity index (χ1v) is 5.94. The molecule has 0 saturated heterocycles. The second-order valence-electron chi connectivity index (χ2n) is 4.44. The molecule has 5 heteroatoms. The predicted octanol–water partition coefficient (Wildman–Crippen LogP) is 1.86. The highest BCUT2D eigenvalue weighted by Crippen LogP contribution is 2.18. The number of nitrogens with zero attached hydrogens (tertiary/aromatic N) is 3. The highest BCUT2D eigenvalue weighted by molar-refractivity contribution is 5.32. The van der Waals surface area contributed by atoms with Gasteiger partial charge in [-0.2, -0.15) is 5.10 Å². The molecule has 0 aliphatic rings. The van der Waals surface area contributed by atoms with Gasteiger partial charge in [-0.05, 0) is 23.6 Å². The van der Waals surface area contributed by atoms with Gasteiger partial charge in [0.1, 0.15) is 0 Å². The third-order valence-corrected chi connectivity index (χ3v) is 2.75. The summed E-state index contributed by atoms with van der Waals surface area (Å²) in [6.07, 6.45) is 3.46. The van der Waals surface area contributed by atoms with E-state index in [1.165, 1.54) is 0 Å². The zero-order valence-corrected chi connectivity index (χ0v) is 10.9. The fourth-order valence-corrected chi connectivity index (χ4v) is 1.66. The Kier molecular flexibility index (Phi) is 3.62. The minimum Gasteiger partial charge on any atom is -0.493 e. The fraction of sp³-hybridized carbons (Fsp3) is 0.385. The first-order valence-electron chi connectivity index (χ1n) is 5.94. The lowest BCUT2D eigenvalue weighted by molar-refractivity contribution is 0.414. The van der Waals surface area contributed by atoms with Gasteiger partial charge in [0.15, 0.2) is 11.6 Å². The lowest BCUT2D eigenvalue weighted by Crippen LogP contribution is -2.06. The van der Waals surface area contributed by atoms with E-state index in [1.807, 2.05) is 12.1 Å². The van der Waals surface area contributed by atoms with E-state index in [2.05, 4.69) is 23.9 Å². The number of nitrogens with two attached hydrogens (primary N) is 1. The number of pyridine rings is 1. The van der Waals surface area contributed by atoms with Crippen molar-refractivity contribution in [1.82, 2.24) is 14.8 Å². The van der Waals surface area contributed by atoms with Crippen LogP contribution < -0.4 is 10.5 Å². The van der Waals surface area contributed by atoms with E-state index in [0.29, 0.717) is 18.2 Å². The number of ether oxygens (including phenoxy) is 1. The van der Waals surface area contributed by atoms with E-state index in [9.17, 15) is 0 Å². The number of aromatic nitrogens is 3. The molecule has 0 saturated carbocycles. The summed E-state index contributed by atoms with van der Waals surface area (Å²) in [5.41, 5.74) is 7.79. The van der Waals surface area contributed by atoms with Crippen LogP contribution in [0.3, 0.4) is 0 Å². The zero-order valence-electron chi connectivity index (χ0n) is 10.9. The van der Waals surface area contributed by atoms with Gasteiger partial charge in [0.2, 0.25) is 0 Å². The van der Waals surface area contributed by atoms with E-state index in [1.54, 1.807) is 24.2 Å². The summed E-state index contributed by atoms with van der Waals surface area (Å²) in [6.45, 7) is 4.71. The Hall–Kier alpha value is -1.88. The van der Waals surface area contributed by atoms with Crippen LogP contribution in [0.2, 0.25) is 0 Å². The molecule has 2 N–H and O–H groups in total. The van der Waals surface area contributed by atoms with E-state index >= 15 is 0 Å². The van der Waals surface area contributed by atoms with Gasteiger partial charge in [-0.1, -0.05) is 13.8 Å². The van der Waals surface area contributed by atoms with Crippen LogP contribution in [0.1, 0.15) is 31.0 Å². The molecular formula is C13H18N4O. The number of hydrogen-bond acceptors (Lipinski definition) is 4. The summed E-state index contributed by atoms with van der Waals surface area (Å²) >= 11 is 0. The Balaban J connectivity index is 2.45. The molecule has 2 rings (SSSR count). The van der Waals surface area contributed by atoms with Crippen molar-refractivity contribution in [2.75, 3.05) is 7.11 Å². The molecule has 18 heavy (non-hydrogen) atoms. The first kappa shape index (κ1) is 12.6. The quantitative estimate of drug-likeness (QED) is 0.894. The topological polar surface area (TPSA) is 66.0 Å². The molecule has 0 aliphatic heterocycles. The summed E-state index contributed by atoms with van der Waals surface area (Å²) in [6, 6.07) is 3.98. The van der Waals surface area contributed by atoms with Gasteiger partial charge in [-0.15, -0.1) is 0 Å². The Morgan fingerprint density at radius 1 is 1.39 bits per heavy atom. The molecule has 0 atom stereocenters. The standard InChI is InChI=1S/C13H18N4O/c1-9(2)12-4-10(6-14)5-13(16-12)17-8-11(18-3)7-15-17/h4-5,7-9H,6,14H2,1-3H3. The number of rotatable bonds is 4. The molecule has 0 bridgehead atoms. The second kappa shape index (κ2) is 5.18. The molecule has 0 aliphatic carbocycles. The fourth-order valence-electron chi connectivity index (χ4n) is 1.66. The maximum absolute atomic E-state index is 5.72. The van der Waals surface area contributed by atoms with Gasteiger partial charge in [-0.3, -0.25) is 0 Å². The number of hydrogen-bond donors (Lipinski definition) is 1. The van der Waals surface area contributed by atoms with Crippen molar-refractivity contribution >= 4 is 0 Å². The molecule has 2 aromatic rings. The molecule has 0 aromatic carbocycles. The molecule has 0 spiro atoms. The van der Waals surface area contributed by atoms with Crippen molar-refractivity contribution in [3.8, 4) is 11.6 Å². The Morgan fingerprint density at radius 3 is 2.72 bits per heavy atom. The lowest BCUT2D eigenvalue weighted by atomic mass is 10.1. The molecule has 2 aromatic heterocycles. The third kappa shape index (κ3) is 2.51. The van der Waals surface area contributed by atoms with Crippen LogP contribution >= 0.6 is 0 Å². The highest BCUT2D eigenvalue weighted by Gasteiger charge is 2.08. The molecule has 0 unspecified atom stereocenters. The van der Waals surface area contributed by atoms with E-state index in [0.717, 1.165) is 17.1 Å². The monoisotopic (exact) mass is 246 g/mol. The largest absolute Gasteiger partial charge is 0.493 e. The SMILES string of the molecule is COc1cnn(-c2cc(CN)cc(C(C)C)n2)c1. The minimum absolute atomic E-state index is 0.354. The summed E-state index contributed by atoms with van der Waals surface area (Å²) in [5, 5.41) is 4.22. The van der Waals surface area contributed by atoms with Gasteiger partial charge in [0.05, 0.1) is 19.5 Å². The van der Waals surface area contributed by atoms with Gasteiger partial charge in [0, 0.05) is 12.2 Å². The van der Waals surface area contributed by atoms with Crippen molar-refractivity contribution in [3.63, 3.8) is 0 Å². The molecule has 96 valence electrons. The molecule has 2 heterocycles. The maximum Gasteiger partial charge on any atom is 0.157 e. The van der Waals surface area contributed by atoms with Gasteiger partial charge in [0.25, 0.3) is 0 Å². The number of methoxy groups -OCH3 is 1. The average Bonchev–Trinajstić information content (AvgIpc) is 2.86. The highest BCUT2D eigenvalue weighted by atomic mass is 16.5. The average molecular weight is 246 g/mol. The van der Waals surface area contributed by atoms with Crippen LogP contribution in [0.5, 0.6) is 5.75 Å². The third-order valence-electron chi connectivity index (χ3n) is 2.75. The van der Waals surface area contributed by atoms with Gasteiger partial charge >= 0.3 is 0 Å². The summed E-state index contributed by atoms with van der Waals surface area (Å²) in [4.78, 5) is 4.59. The van der Waals surface area contributed by atoms with Crippen LogP contribution in [0.25, 0.3) is 5.82 Å². The van der Waals surface area contributed by atoms with Gasteiger partial charge < -0.3 is 10.5 Å². The van der Waals surface area contributed by atoms with Crippen LogP contribution in [0, 0.1) is 0 Å². The smallest absolute Gasteiger partial charge is 0.157 e. The summed E-state index contributed by atoms with van der Waals surface area (Å²) < 4.78 is 6.81. The van der Waals surface area contributed by atoms with Crippen molar-refractivity contribution in [2.24, 2.45) is 5.73 Å². The lowest BCUT2D eigenvalue weighted by Gasteiger charge is -2.10. The van der Waals surface area contributed by atoms with Crippen LogP contribution in [0.15, 0.2) is 24.5 Å². The molecule has 0 amide bonds. The summed E-state index contributed by atoms with van der Waals surface area (Å²) in [7, 11) is 1.62. The van der Waals surface area contributed by atoms with Gasteiger partial charge in [-0.25, -0.2) is 9.67 Å². The maximum atomic E-state index is 5.72. The molecular weight excluding hydrogens is 228 g/mol. The van der Waals surface area contributed by atoms with Crippen LogP contribution in [-0.2, 0) is 6.54 Å². The van der Waals surface area contributed by atoms with E-state index in [-0.39, 0.29) is 0 Å². The Morgan fingerprint density at radius 2 is 2.17 bits per heavy atom. The predicted molar refractivity (Wildman–Crippen MR) is 69.9 cm³/mol. The molecule has 0 radical (unpaired) electrons. The Bertz CT molecular complexity index is 534. The van der Waals surface area contributed by atoms with Crippen molar-refractivity contribution in [2.45, 2.75) is 26.3 Å². The van der Waals surface area contributed by atoms with Crippen LogP contribution in [-0.4, -0.2) is 21.9 Å². The van der Waals surface area contributed by atoms with E-state index < -0.39 is 0 Å².